The highest BCUT2D eigenvalue weighted by molar-refractivity contribution is 5.68. The highest BCUT2D eigenvalue weighted by Gasteiger charge is 2.39. The van der Waals surface area contributed by atoms with Crippen LogP contribution in [-0.2, 0) is 13.0 Å². The van der Waals surface area contributed by atoms with Gasteiger partial charge < -0.3 is 15.5 Å². The Balaban J connectivity index is 1.44. The molecule has 26 heavy (non-hydrogen) atoms. The lowest BCUT2D eigenvalue weighted by Gasteiger charge is -2.33. The fourth-order valence-electron chi connectivity index (χ4n) is 4.80. The second-order valence-corrected chi connectivity index (χ2v) is 8.05. The molecule has 5 nitrogen and oxygen atoms in total. The maximum Gasteiger partial charge on any atom is 0.0956 e. The van der Waals surface area contributed by atoms with Gasteiger partial charge in [0.15, 0.2) is 0 Å². The van der Waals surface area contributed by atoms with Crippen LogP contribution < -0.4 is 15.5 Å². The van der Waals surface area contributed by atoms with Crippen molar-refractivity contribution >= 4 is 5.69 Å². The molecule has 0 spiro atoms. The molecule has 3 aliphatic rings. The van der Waals surface area contributed by atoms with Crippen LogP contribution in [0, 0.1) is 11.8 Å². The van der Waals surface area contributed by atoms with E-state index < -0.39 is 0 Å². The summed E-state index contributed by atoms with van der Waals surface area (Å²) >= 11 is 0. The van der Waals surface area contributed by atoms with Crippen LogP contribution in [0.2, 0.25) is 0 Å². The molecule has 5 rings (SSSR count). The predicted molar refractivity (Wildman–Crippen MR) is 106 cm³/mol. The molecule has 3 aliphatic heterocycles. The largest absolute Gasteiger partial charge is 0.371 e. The predicted octanol–water partition coefficient (Wildman–Crippen LogP) is 2.13. The van der Waals surface area contributed by atoms with Gasteiger partial charge in [-0.1, -0.05) is 12.1 Å². The number of nitrogens with one attached hydrogen (secondary N) is 2. The molecule has 0 bridgehead atoms. The lowest BCUT2D eigenvalue weighted by atomic mass is 9.90. The van der Waals surface area contributed by atoms with Crippen molar-refractivity contribution in [2.75, 3.05) is 37.6 Å². The first-order chi connectivity index (χ1) is 12.8. The summed E-state index contributed by atoms with van der Waals surface area (Å²) in [4.78, 5) is 2.45. The Morgan fingerprint density at radius 3 is 2.92 bits per heavy atom. The Hall–Kier alpha value is -1.85. The van der Waals surface area contributed by atoms with Gasteiger partial charge in [-0.05, 0) is 68.9 Å². The third kappa shape index (κ3) is 2.83. The number of rotatable bonds is 5. The van der Waals surface area contributed by atoms with Crippen molar-refractivity contribution in [2.24, 2.45) is 11.8 Å². The summed E-state index contributed by atoms with van der Waals surface area (Å²) in [6, 6.07) is 9.53. The second-order valence-electron chi connectivity index (χ2n) is 8.05. The van der Waals surface area contributed by atoms with Gasteiger partial charge in [0.1, 0.15) is 0 Å². The van der Waals surface area contributed by atoms with Crippen molar-refractivity contribution in [3.05, 3.63) is 36.0 Å². The van der Waals surface area contributed by atoms with Crippen LogP contribution in [0.25, 0.3) is 11.3 Å². The first-order valence-corrected chi connectivity index (χ1v) is 10.2. The standard InChI is InChI=1S/C21H29N5/c1-2-26-14-16(10-20-19-13-22-11-17(19)12-23-20)21(24-26)15-5-3-6-18(9-15)25-7-4-8-25/h3,5-6,9,14,17,19-20,22-23H,2,4,7-8,10-13H2,1H3. The highest BCUT2D eigenvalue weighted by Crippen LogP contribution is 2.32. The summed E-state index contributed by atoms with van der Waals surface area (Å²) in [5.41, 5.74) is 5.16. The lowest BCUT2D eigenvalue weighted by molar-refractivity contribution is 0.435. The van der Waals surface area contributed by atoms with Crippen molar-refractivity contribution in [3.63, 3.8) is 0 Å². The van der Waals surface area contributed by atoms with E-state index in [1.807, 2.05) is 0 Å². The third-order valence-electron chi connectivity index (χ3n) is 6.49. The topological polar surface area (TPSA) is 45.1 Å². The Kier molecular flexibility index (Phi) is 4.21. The summed E-state index contributed by atoms with van der Waals surface area (Å²) in [5, 5.41) is 12.3. The van der Waals surface area contributed by atoms with Gasteiger partial charge in [0.05, 0.1) is 5.69 Å². The van der Waals surface area contributed by atoms with E-state index in [1.165, 1.54) is 48.6 Å². The molecule has 0 saturated carbocycles. The maximum absolute atomic E-state index is 4.93. The van der Waals surface area contributed by atoms with E-state index >= 15 is 0 Å². The number of benzene rings is 1. The molecule has 3 saturated heterocycles. The van der Waals surface area contributed by atoms with Crippen LogP contribution in [0.4, 0.5) is 5.69 Å². The van der Waals surface area contributed by atoms with E-state index in [-0.39, 0.29) is 0 Å². The van der Waals surface area contributed by atoms with Crippen LogP contribution in [0.1, 0.15) is 18.9 Å². The number of fused-ring (bicyclic) bond motifs is 1. The first-order valence-electron chi connectivity index (χ1n) is 10.2. The Labute approximate surface area is 155 Å². The Bertz CT molecular complexity index is 778. The molecule has 2 N–H and O–H groups in total. The Morgan fingerprint density at radius 1 is 1.19 bits per heavy atom. The van der Waals surface area contributed by atoms with Crippen LogP contribution >= 0.6 is 0 Å². The summed E-state index contributed by atoms with van der Waals surface area (Å²) in [5.74, 6) is 1.57. The molecule has 1 aromatic heterocycles. The molecule has 3 fully saturated rings. The molecule has 0 radical (unpaired) electrons. The van der Waals surface area contributed by atoms with Gasteiger partial charge in [-0.15, -0.1) is 0 Å². The maximum atomic E-state index is 4.93. The van der Waals surface area contributed by atoms with Crippen LogP contribution in [0.3, 0.4) is 0 Å². The Morgan fingerprint density at radius 2 is 2.12 bits per heavy atom. The number of nitrogens with zero attached hydrogens (tertiary/aromatic N) is 3. The molecule has 0 aliphatic carbocycles. The number of hydrogen-bond donors (Lipinski definition) is 2. The normalized spacial score (nSPS) is 27.6. The van der Waals surface area contributed by atoms with Crippen molar-refractivity contribution in [3.8, 4) is 11.3 Å². The van der Waals surface area contributed by atoms with E-state index in [1.54, 1.807) is 0 Å². The van der Waals surface area contributed by atoms with Gasteiger partial charge in [-0.3, -0.25) is 4.68 Å². The fraction of sp³-hybridized carbons (Fsp3) is 0.571. The second kappa shape index (κ2) is 6.71. The number of aryl methyl sites for hydroxylation is 1. The zero-order chi connectivity index (χ0) is 17.5. The highest BCUT2D eigenvalue weighted by atomic mass is 15.3. The van der Waals surface area contributed by atoms with E-state index in [0.29, 0.717) is 6.04 Å². The SMILES string of the molecule is CCn1cc(CC2NCC3CNCC32)c(-c2cccc(N3CCC3)c2)n1. The number of hydrogen-bond acceptors (Lipinski definition) is 4. The molecule has 3 unspecified atom stereocenters. The van der Waals surface area contributed by atoms with E-state index in [4.69, 9.17) is 5.10 Å². The van der Waals surface area contributed by atoms with Gasteiger partial charge in [0.2, 0.25) is 0 Å². The third-order valence-corrected chi connectivity index (χ3v) is 6.49. The summed E-state index contributed by atoms with van der Waals surface area (Å²) in [6.07, 6.45) is 4.65. The van der Waals surface area contributed by atoms with E-state index in [2.05, 4.69) is 57.6 Å². The van der Waals surface area contributed by atoms with Crippen molar-refractivity contribution in [1.29, 1.82) is 0 Å². The monoisotopic (exact) mass is 351 g/mol. The van der Waals surface area contributed by atoms with Crippen LogP contribution in [0.15, 0.2) is 30.5 Å². The number of aromatic nitrogens is 2. The van der Waals surface area contributed by atoms with Crippen LogP contribution in [0.5, 0.6) is 0 Å². The zero-order valence-corrected chi connectivity index (χ0v) is 15.6. The van der Waals surface area contributed by atoms with Gasteiger partial charge >= 0.3 is 0 Å². The molecular formula is C21H29N5. The van der Waals surface area contributed by atoms with Crippen molar-refractivity contribution in [2.45, 2.75) is 32.4 Å². The van der Waals surface area contributed by atoms with Gasteiger partial charge in [0.25, 0.3) is 0 Å². The van der Waals surface area contributed by atoms with Gasteiger partial charge in [-0.25, -0.2) is 0 Å². The molecular weight excluding hydrogens is 322 g/mol. The molecule has 5 heteroatoms. The molecule has 1 aromatic carbocycles. The molecule has 2 aromatic rings. The van der Waals surface area contributed by atoms with Crippen LogP contribution in [-0.4, -0.2) is 48.5 Å². The van der Waals surface area contributed by atoms with E-state index in [0.717, 1.165) is 37.9 Å². The number of anilines is 1. The van der Waals surface area contributed by atoms with Crippen molar-refractivity contribution in [1.82, 2.24) is 20.4 Å². The minimum absolute atomic E-state index is 0.571. The van der Waals surface area contributed by atoms with Gasteiger partial charge in [-0.2, -0.15) is 5.10 Å². The lowest BCUT2D eigenvalue weighted by Crippen LogP contribution is -2.36. The quantitative estimate of drug-likeness (QED) is 0.866. The smallest absolute Gasteiger partial charge is 0.0956 e. The molecule has 4 heterocycles. The van der Waals surface area contributed by atoms with Gasteiger partial charge in [0, 0.05) is 43.1 Å². The van der Waals surface area contributed by atoms with E-state index in [9.17, 15) is 0 Å². The summed E-state index contributed by atoms with van der Waals surface area (Å²) in [7, 11) is 0. The average molecular weight is 351 g/mol. The minimum Gasteiger partial charge on any atom is -0.371 e. The molecule has 0 amide bonds. The summed E-state index contributed by atoms with van der Waals surface area (Å²) < 4.78 is 2.10. The molecule has 3 atom stereocenters. The zero-order valence-electron chi connectivity index (χ0n) is 15.6. The summed E-state index contributed by atoms with van der Waals surface area (Å²) in [6.45, 7) is 8.94. The minimum atomic E-state index is 0.571. The average Bonchev–Trinajstić information content (AvgIpc) is 3.31. The fourth-order valence-corrected chi connectivity index (χ4v) is 4.80. The first kappa shape index (κ1) is 16.3. The molecule has 138 valence electrons. The van der Waals surface area contributed by atoms with Crippen molar-refractivity contribution < 1.29 is 0 Å².